The number of nitrogens with one attached hydrogen (secondary N) is 1. The van der Waals surface area contributed by atoms with Gasteiger partial charge in [0.05, 0.1) is 6.61 Å². The third-order valence-corrected chi connectivity index (χ3v) is 4.25. The molecule has 0 bridgehead atoms. The van der Waals surface area contributed by atoms with Crippen molar-refractivity contribution >= 4 is 27.8 Å². The first-order valence-electron chi connectivity index (χ1n) is 7.53. The van der Waals surface area contributed by atoms with Crippen LogP contribution in [0.25, 0.3) is 0 Å². The van der Waals surface area contributed by atoms with E-state index < -0.39 is 23.2 Å². The summed E-state index contributed by atoms with van der Waals surface area (Å²) in [6.45, 7) is 1.62. The van der Waals surface area contributed by atoms with Crippen molar-refractivity contribution in [1.82, 2.24) is 5.32 Å². The summed E-state index contributed by atoms with van der Waals surface area (Å²) in [4.78, 5) is 24.2. The van der Waals surface area contributed by atoms with E-state index in [1.165, 1.54) is 12.1 Å². The lowest BCUT2D eigenvalue weighted by Crippen LogP contribution is -2.54. The van der Waals surface area contributed by atoms with E-state index in [1.807, 2.05) is 0 Å². The average molecular weight is 388 g/mol. The number of hydrogen-bond acceptors (Lipinski definition) is 4. The average Bonchev–Trinajstić information content (AvgIpc) is 2.96. The molecule has 1 fully saturated rings. The van der Waals surface area contributed by atoms with Gasteiger partial charge >= 0.3 is 5.97 Å². The van der Waals surface area contributed by atoms with Gasteiger partial charge < -0.3 is 14.8 Å². The topological polar surface area (TPSA) is 64.6 Å². The van der Waals surface area contributed by atoms with Crippen molar-refractivity contribution in [3.63, 3.8) is 0 Å². The molecule has 0 aromatic heterocycles. The van der Waals surface area contributed by atoms with Crippen molar-refractivity contribution in [2.75, 3.05) is 13.2 Å². The summed E-state index contributed by atoms with van der Waals surface area (Å²) >= 11 is 3.15. The van der Waals surface area contributed by atoms with Gasteiger partial charge in [0, 0.05) is 4.47 Å². The fourth-order valence-corrected chi connectivity index (χ4v) is 3.00. The Labute approximate surface area is 142 Å². The summed E-state index contributed by atoms with van der Waals surface area (Å²) in [7, 11) is 0. The summed E-state index contributed by atoms with van der Waals surface area (Å²) in [5, 5.41) is 2.71. The Bertz CT molecular complexity index is 587. The van der Waals surface area contributed by atoms with Gasteiger partial charge in [0.2, 0.25) is 0 Å². The van der Waals surface area contributed by atoms with Crippen molar-refractivity contribution < 1.29 is 23.5 Å². The molecular formula is C16H19BrFNO4. The van der Waals surface area contributed by atoms with Crippen LogP contribution in [-0.2, 0) is 14.3 Å². The Balaban J connectivity index is 1.96. The number of benzene rings is 1. The van der Waals surface area contributed by atoms with E-state index in [4.69, 9.17) is 9.47 Å². The van der Waals surface area contributed by atoms with Crippen LogP contribution in [0.2, 0.25) is 0 Å². The summed E-state index contributed by atoms with van der Waals surface area (Å²) in [6.07, 6.45) is 2.79. The van der Waals surface area contributed by atoms with Crippen molar-refractivity contribution in [1.29, 1.82) is 0 Å². The van der Waals surface area contributed by atoms with Gasteiger partial charge in [-0.15, -0.1) is 0 Å². The van der Waals surface area contributed by atoms with Crippen LogP contribution in [0.15, 0.2) is 22.7 Å². The molecule has 0 unspecified atom stereocenters. The predicted molar refractivity (Wildman–Crippen MR) is 85.6 cm³/mol. The Morgan fingerprint density at radius 1 is 1.35 bits per heavy atom. The van der Waals surface area contributed by atoms with Crippen LogP contribution in [0.5, 0.6) is 5.75 Å². The number of halogens is 2. The maximum absolute atomic E-state index is 13.6. The molecule has 126 valence electrons. The molecule has 1 aromatic rings. The van der Waals surface area contributed by atoms with Crippen molar-refractivity contribution in [2.24, 2.45) is 0 Å². The van der Waals surface area contributed by atoms with E-state index in [2.05, 4.69) is 21.2 Å². The molecule has 0 spiro atoms. The maximum atomic E-state index is 13.6. The second-order valence-corrected chi connectivity index (χ2v) is 6.34. The van der Waals surface area contributed by atoms with Gasteiger partial charge in [0.1, 0.15) is 5.54 Å². The van der Waals surface area contributed by atoms with Crippen LogP contribution in [0.1, 0.15) is 32.6 Å². The van der Waals surface area contributed by atoms with Gasteiger partial charge in [-0.2, -0.15) is 0 Å². The standard InChI is InChI=1S/C16H19BrFNO4/c1-2-22-15(21)16(7-3-4-8-16)19-14(20)10-23-13-6-5-11(17)9-12(13)18/h5-6,9H,2-4,7-8,10H2,1H3,(H,19,20). The summed E-state index contributed by atoms with van der Waals surface area (Å²) < 4.78 is 24.5. The number of esters is 1. The molecule has 1 aromatic carbocycles. The highest BCUT2D eigenvalue weighted by molar-refractivity contribution is 9.10. The molecule has 5 nitrogen and oxygen atoms in total. The zero-order chi connectivity index (χ0) is 16.9. The first-order valence-corrected chi connectivity index (χ1v) is 8.32. The molecule has 7 heteroatoms. The Kier molecular flexibility index (Phi) is 5.98. The molecule has 2 rings (SSSR count). The molecule has 0 radical (unpaired) electrons. The maximum Gasteiger partial charge on any atom is 0.331 e. The number of rotatable bonds is 6. The molecular weight excluding hydrogens is 369 g/mol. The second-order valence-electron chi connectivity index (χ2n) is 5.42. The monoisotopic (exact) mass is 387 g/mol. The third-order valence-electron chi connectivity index (χ3n) is 3.75. The van der Waals surface area contributed by atoms with Crippen LogP contribution in [0, 0.1) is 5.82 Å². The fraction of sp³-hybridized carbons (Fsp3) is 0.500. The molecule has 23 heavy (non-hydrogen) atoms. The molecule has 0 aliphatic heterocycles. The minimum atomic E-state index is -0.977. The number of carbonyl (C=O) groups excluding carboxylic acids is 2. The fourth-order valence-electron chi connectivity index (χ4n) is 2.67. The van der Waals surface area contributed by atoms with Crippen LogP contribution in [0.3, 0.4) is 0 Å². The lowest BCUT2D eigenvalue weighted by molar-refractivity contribution is -0.153. The molecule has 0 saturated heterocycles. The van der Waals surface area contributed by atoms with E-state index in [9.17, 15) is 14.0 Å². The zero-order valence-electron chi connectivity index (χ0n) is 12.9. The highest BCUT2D eigenvalue weighted by atomic mass is 79.9. The van der Waals surface area contributed by atoms with E-state index in [1.54, 1.807) is 13.0 Å². The quantitative estimate of drug-likeness (QED) is 0.762. The second kappa shape index (κ2) is 7.77. The minimum Gasteiger partial charge on any atom is -0.481 e. The molecule has 1 N–H and O–H groups in total. The SMILES string of the molecule is CCOC(=O)C1(NC(=O)COc2ccc(Br)cc2F)CCCC1. The highest BCUT2D eigenvalue weighted by Crippen LogP contribution is 2.31. The van der Waals surface area contributed by atoms with Gasteiger partial charge in [-0.1, -0.05) is 28.8 Å². The van der Waals surface area contributed by atoms with E-state index >= 15 is 0 Å². The predicted octanol–water partition coefficient (Wildman–Crippen LogP) is 2.96. The molecule has 1 aliphatic rings. The summed E-state index contributed by atoms with van der Waals surface area (Å²) in [6, 6.07) is 4.31. The number of ether oxygens (including phenoxy) is 2. The van der Waals surface area contributed by atoms with E-state index in [0.29, 0.717) is 17.3 Å². The van der Waals surface area contributed by atoms with Crippen molar-refractivity contribution in [3.05, 3.63) is 28.5 Å². The number of hydrogen-bond donors (Lipinski definition) is 1. The molecule has 0 heterocycles. The van der Waals surface area contributed by atoms with Crippen LogP contribution in [-0.4, -0.2) is 30.6 Å². The van der Waals surface area contributed by atoms with E-state index in [-0.39, 0.29) is 19.0 Å². The van der Waals surface area contributed by atoms with Gasteiger partial charge in [-0.05, 0) is 38.0 Å². The lowest BCUT2D eigenvalue weighted by atomic mass is 9.98. The van der Waals surface area contributed by atoms with Crippen molar-refractivity contribution in [3.8, 4) is 5.75 Å². The molecule has 1 saturated carbocycles. The van der Waals surface area contributed by atoms with Gasteiger partial charge in [-0.3, -0.25) is 4.79 Å². The summed E-state index contributed by atoms with van der Waals surface area (Å²) in [5.41, 5.74) is -0.977. The van der Waals surface area contributed by atoms with Gasteiger partial charge in [0.25, 0.3) is 5.91 Å². The third kappa shape index (κ3) is 4.43. The number of carbonyl (C=O) groups is 2. The highest BCUT2D eigenvalue weighted by Gasteiger charge is 2.43. The first kappa shape index (κ1) is 17.7. The molecule has 1 amide bonds. The smallest absolute Gasteiger partial charge is 0.331 e. The van der Waals surface area contributed by atoms with Crippen LogP contribution >= 0.6 is 15.9 Å². The Morgan fingerprint density at radius 3 is 2.65 bits per heavy atom. The minimum absolute atomic E-state index is 0.0139. The largest absolute Gasteiger partial charge is 0.481 e. The zero-order valence-corrected chi connectivity index (χ0v) is 14.4. The Morgan fingerprint density at radius 2 is 2.04 bits per heavy atom. The van der Waals surface area contributed by atoms with Crippen LogP contribution in [0.4, 0.5) is 4.39 Å². The number of amides is 1. The first-order chi connectivity index (χ1) is 11.0. The van der Waals surface area contributed by atoms with Crippen molar-refractivity contribution in [2.45, 2.75) is 38.1 Å². The lowest BCUT2D eigenvalue weighted by Gasteiger charge is -2.27. The van der Waals surface area contributed by atoms with Crippen LogP contribution < -0.4 is 10.1 Å². The summed E-state index contributed by atoms with van der Waals surface area (Å²) in [5.74, 6) is -1.46. The molecule has 0 atom stereocenters. The Hall–Kier alpha value is -1.63. The molecule has 1 aliphatic carbocycles. The normalized spacial score (nSPS) is 16.0. The van der Waals surface area contributed by atoms with E-state index in [0.717, 1.165) is 12.8 Å². The van der Waals surface area contributed by atoms with Gasteiger partial charge in [0.15, 0.2) is 18.2 Å². The van der Waals surface area contributed by atoms with Gasteiger partial charge in [-0.25, -0.2) is 9.18 Å².